The first kappa shape index (κ1) is 26.6. The predicted octanol–water partition coefficient (Wildman–Crippen LogP) is 1.72. The first-order valence-electron chi connectivity index (χ1n) is 11.6. The molecule has 2 N–H and O–H groups in total. The molecule has 0 aliphatic carbocycles. The van der Waals surface area contributed by atoms with E-state index < -0.39 is 32.4 Å². The summed E-state index contributed by atoms with van der Waals surface area (Å²) >= 11 is 1.42. The minimum Gasteiger partial charge on any atom is -0.373 e. The molecular formula is C25H28N2O7S2. The summed E-state index contributed by atoms with van der Waals surface area (Å²) in [6.45, 7) is 2.33. The molecular weight excluding hydrogens is 504 g/mol. The highest BCUT2D eigenvalue weighted by molar-refractivity contribution is 7.92. The number of aryl methyl sites for hydroxylation is 1. The highest BCUT2D eigenvalue weighted by atomic mass is 32.2. The second-order valence-electron chi connectivity index (χ2n) is 9.16. The van der Waals surface area contributed by atoms with Gasteiger partial charge in [0.1, 0.15) is 4.75 Å². The van der Waals surface area contributed by atoms with Gasteiger partial charge in [0, 0.05) is 31.3 Å². The first-order chi connectivity index (χ1) is 17.1. The molecule has 1 amide bonds. The minimum absolute atomic E-state index is 0.0429. The molecule has 4 rings (SSSR count). The number of fused-ring (bicyclic) bond motifs is 1. The quantitative estimate of drug-likeness (QED) is 0.408. The number of hydroxylamine groups is 1. The van der Waals surface area contributed by atoms with E-state index in [2.05, 4.69) is 34.1 Å². The van der Waals surface area contributed by atoms with E-state index in [4.69, 9.17) is 14.3 Å². The topological polar surface area (TPSA) is 124 Å². The molecule has 2 fully saturated rings. The Hall–Kier alpha value is -2.51. The summed E-state index contributed by atoms with van der Waals surface area (Å²) < 4.78 is 34.7. The number of carbonyl (C=O) groups is 1. The molecule has 1 aromatic heterocycles. The number of hydrogen-bond donors (Lipinski definition) is 2. The molecule has 2 aliphatic heterocycles. The van der Waals surface area contributed by atoms with E-state index in [0.717, 1.165) is 34.9 Å². The summed E-state index contributed by atoms with van der Waals surface area (Å²) in [4.78, 5) is 22.8. The van der Waals surface area contributed by atoms with Crippen LogP contribution in [0.25, 0.3) is 10.2 Å². The molecule has 192 valence electrons. The van der Waals surface area contributed by atoms with Crippen LogP contribution in [0.3, 0.4) is 0 Å². The number of ether oxygens (including phenoxy) is 2. The van der Waals surface area contributed by atoms with Crippen LogP contribution in [0, 0.1) is 23.7 Å². The molecule has 11 heteroatoms. The molecule has 0 bridgehead atoms. The summed E-state index contributed by atoms with van der Waals surface area (Å²) in [5.41, 5.74) is 2.70. The molecule has 0 spiro atoms. The fourth-order valence-electron chi connectivity index (χ4n) is 3.62. The van der Waals surface area contributed by atoms with Crippen molar-refractivity contribution in [1.82, 2.24) is 10.5 Å². The fraction of sp³-hybridized carbons (Fsp3) is 0.520. The Morgan fingerprint density at radius 3 is 2.83 bits per heavy atom. The van der Waals surface area contributed by atoms with Gasteiger partial charge >= 0.3 is 0 Å². The molecule has 36 heavy (non-hydrogen) atoms. The number of carbonyl (C=O) groups excluding carboxylic acids is 1. The van der Waals surface area contributed by atoms with Crippen molar-refractivity contribution in [3.05, 3.63) is 28.8 Å². The van der Waals surface area contributed by atoms with E-state index in [1.807, 2.05) is 18.2 Å². The maximum absolute atomic E-state index is 12.9. The van der Waals surface area contributed by atoms with Gasteiger partial charge in [-0.05, 0) is 62.1 Å². The van der Waals surface area contributed by atoms with Gasteiger partial charge < -0.3 is 14.6 Å². The van der Waals surface area contributed by atoms with Crippen molar-refractivity contribution in [2.45, 2.75) is 55.7 Å². The summed E-state index contributed by atoms with van der Waals surface area (Å²) in [6.07, 6.45) is 3.30. The number of amides is 1. The fourth-order valence-corrected chi connectivity index (χ4v) is 5.48. The normalized spacial score (nSPS) is 20.7. The smallest absolute Gasteiger partial charge is 0.264 e. The zero-order chi connectivity index (χ0) is 25.8. The van der Waals surface area contributed by atoms with Crippen molar-refractivity contribution >= 4 is 37.3 Å². The third-order valence-electron chi connectivity index (χ3n) is 6.21. The number of aliphatic hydroxyl groups is 1. The van der Waals surface area contributed by atoms with Gasteiger partial charge in [0.2, 0.25) is 0 Å². The van der Waals surface area contributed by atoms with Gasteiger partial charge in [-0.2, -0.15) is 0 Å². The van der Waals surface area contributed by atoms with Crippen LogP contribution in [0.15, 0.2) is 18.2 Å². The molecule has 0 saturated carbocycles. The number of thiazole rings is 1. The van der Waals surface area contributed by atoms with E-state index in [9.17, 15) is 18.3 Å². The van der Waals surface area contributed by atoms with Crippen molar-refractivity contribution < 1.29 is 32.6 Å². The van der Waals surface area contributed by atoms with Gasteiger partial charge in [-0.1, -0.05) is 5.92 Å². The number of rotatable bonds is 7. The Labute approximate surface area is 214 Å². The maximum Gasteiger partial charge on any atom is 0.264 e. The number of benzene rings is 1. The van der Waals surface area contributed by atoms with Crippen LogP contribution in [-0.2, 0) is 35.4 Å². The number of hydrogen-bond acceptors (Lipinski definition) is 9. The van der Waals surface area contributed by atoms with Gasteiger partial charge in [-0.15, -0.1) is 11.3 Å². The second kappa shape index (κ2) is 10.9. The highest BCUT2D eigenvalue weighted by Crippen LogP contribution is 2.28. The molecule has 2 aromatic rings. The first-order valence-corrected chi connectivity index (χ1v) is 14.3. The van der Waals surface area contributed by atoms with Gasteiger partial charge in [-0.25, -0.2) is 23.7 Å². The average molecular weight is 533 g/mol. The van der Waals surface area contributed by atoms with Crippen LogP contribution in [0.4, 0.5) is 0 Å². The number of nitrogens with one attached hydrogen (secondary N) is 1. The van der Waals surface area contributed by atoms with E-state index in [-0.39, 0.29) is 19.6 Å². The molecule has 2 atom stereocenters. The Morgan fingerprint density at radius 1 is 1.36 bits per heavy atom. The lowest BCUT2D eigenvalue weighted by atomic mass is 10.0. The van der Waals surface area contributed by atoms with E-state index in [1.54, 1.807) is 0 Å². The molecule has 2 unspecified atom stereocenters. The lowest BCUT2D eigenvalue weighted by molar-refractivity contribution is -0.201. The predicted molar refractivity (Wildman–Crippen MR) is 134 cm³/mol. The average Bonchev–Trinajstić information content (AvgIpc) is 3.24. The Balaban J connectivity index is 1.42. The van der Waals surface area contributed by atoms with E-state index in [1.165, 1.54) is 18.3 Å². The van der Waals surface area contributed by atoms with Crippen LogP contribution in [0.5, 0.6) is 0 Å². The Morgan fingerprint density at radius 2 is 2.17 bits per heavy atom. The van der Waals surface area contributed by atoms with Crippen LogP contribution < -0.4 is 5.48 Å². The van der Waals surface area contributed by atoms with Crippen LogP contribution in [-0.4, -0.2) is 67.1 Å². The summed E-state index contributed by atoms with van der Waals surface area (Å²) in [5, 5.41) is 10.6. The molecule has 2 saturated heterocycles. The van der Waals surface area contributed by atoms with Crippen molar-refractivity contribution in [2.75, 3.05) is 26.1 Å². The molecule has 2 aliphatic rings. The number of nitrogens with zero attached hydrogens (tertiary/aromatic N) is 1. The van der Waals surface area contributed by atoms with Gasteiger partial charge in [0.25, 0.3) is 5.91 Å². The van der Waals surface area contributed by atoms with Gasteiger partial charge in [-0.3, -0.25) is 4.79 Å². The summed E-state index contributed by atoms with van der Waals surface area (Å²) in [6, 6.07) is 5.54. The van der Waals surface area contributed by atoms with Crippen molar-refractivity contribution in [3.8, 4) is 23.7 Å². The van der Waals surface area contributed by atoms with Crippen molar-refractivity contribution in [1.29, 1.82) is 0 Å². The third kappa shape index (κ3) is 6.24. The van der Waals surface area contributed by atoms with Gasteiger partial charge in [0.05, 0.1) is 28.4 Å². The lowest BCUT2D eigenvalue weighted by Crippen LogP contribution is -2.51. The van der Waals surface area contributed by atoms with Crippen molar-refractivity contribution in [2.24, 2.45) is 0 Å². The third-order valence-corrected chi connectivity index (χ3v) is 9.32. The van der Waals surface area contributed by atoms with Crippen LogP contribution in [0.2, 0.25) is 0 Å². The van der Waals surface area contributed by atoms with Crippen LogP contribution in [0.1, 0.15) is 43.2 Å². The minimum atomic E-state index is -3.76. The zero-order valence-corrected chi connectivity index (χ0v) is 21.8. The van der Waals surface area contributed by atoms with E-state index >= 15 is 0 Å². The zero-order valence-electron chi connectivity index (χ0n) is 20.1. The number of aromatic nitrogens is 1. The molecule has 9 nitrogen and oxygen atoms in total. The van der Waals surface area contributed by atoms with E-state index in [0.29, 0.717) is 24.5 Å². The second-order valence-corrected chi connectivity index (χ2v) is 12.7. The lowest BCUT2D eigenvalue weighted by Gasteiger charge is -2.30. The summed E-state index contributed by atoms with van der Waals surface area (Å²) in [5.74, 6) is 10.3. The Kier molecular flexibility index (Phi) is 8.00. The van der Waals surface area contributed by atoms with Gasteiger partial charge in [0.15, 0.2) is 21.7 Å². The van der Waals surface area contributed by atoms with Crippen molar-refractivity contribution in [3.63, 3.8) is 0 Å². The SMILES string of the molecule is CC(CCc1nc2ccc(C#CC#CC3(O)COC3)cc2s1)(C(=O)NOC1CCCCO1)S(C)(=O)=O. The molecule has 3 heterocycles. The molecule has 1 aromatic carbocycles. The standard InChI is InChI=1S/C25H28N2O7S2/c1-24(36(2,30)31,23(28)27-34-22-8-4-6-14-33-22)13-11-21-26-19-10-9-18(15-20(19)35-21)7-3-5-12-25(29)16-32-17-25/h9-10,15,22,29H,4,6,8,11,13-14,16-17H2,1-2H3,(H,27,28). The summed E-state index contributed by atoms with van der Waals surface area (Å²) in [7, 11) is -3.76. The largest absolute Gasteiger partial charge is 0.373 e. The molecule has 0 radical (unpaired) electrons. The van der Waals surface area contributed by atoms with Crippen LogP contribution >= 0.6 is 11.3 Å². The highest BCUT2D eigenvalue weighted by Gasteiger charge is 2.44. The monoisotopic (exact) mass is 532 g/mol. The Bertz CT molecular complexity index is 1350. The number of sulfone groups is 1. The maximum atomic E-state index is 12.9.